The zero-order chi connectivity index (χ0) is 15.1. The van der Waals surface area contributed by atoms with Gasteiger partial charge in [-0.3, -0.25) is 4.55 Å². The van der Waals surface area contributed by atoms with E-state index in [4.69, 9.17) is 4.55 Å². The first-order chi connectivity index (χ1) is 8.37. The molecule has 1 N–H and O–H groups in total. The Balaban J connectivity index is 3.16. The lowest BCUT2D eigenvalue weighted by Gasteiger charge is -2.22. The molecule has 0 spiro atoms. The second-order valence-corrected chi connectivity index (χ2v) is 5.87. The molecule has 108 valence electrons. The SMILES string of the molecule is O=S(=O)(O)C(F)(F)C(F)(F)Sc1cc(F)cc(F)c1. The number of hydrogen-bond acceptors (Lipinski definition) is 3. The third kappa shape index (κ3) is 3.34. The quantitative estimate of drug-likeness (QED) is 0.525. The van der Waals surface area contributed by atoms with Crippen molar-refractivity contribution in [1.29, 1.82) is 0 Å². The van der Waals surface area contributed by atoms with Crippen LogP contribution in [0, 0.1) is 11.6 Å². The summed E-state index contributed by atoms with van der Waals surface area (Å²) in [6, 6.07) is 0.923. The van der Waals surface area contributed by atoms with Crippen LogP contribution in [0.15, 0.2) is 23.1 Å². The summed E-state index contributed by atoms with van der Waals surface area (Å²) < 4.78 is 106. The fourth-order valence-electron chi connectivity index (χ4n) is 0.945. The van der Waals surface area contributed by atoms with Crippen molar-refractivity contribution in [2.24, 2.45) is 0 Å². The summed E-state index contributed by atoms with van der Waals surface area (Å²) in [6.45, 7) is 0. The first-order valence-corrected chi connectivity index (χ1v) is 6.50. The van der Waals surface area contributed by atoms with Gasteiger partial charge in [0.1, 0.15) is 11.6 Å². The fraction of sp³-hybridized carbons (Fsp3) is 0.250. The maximum atomic E-state index is 13.1. The van der Waals surface area contributed by atoms with E-state index in [9.17, 15) is 34.8 Å². The van der Waals surface area contributed by atoms with E-state index in [0.717, 1.165) is 0 Å². The van der Waals surface area contributed by atoms with Gasteiger partial charge in [-0.05, 0) is 23.9 Å². The zero-order valence-corrected chi connectivity index (χ0v) is 10.2. The third-order valence-corrected chi connectivity index (χ3v) is 3.76. The maximum Gasteiger partial charge on any atom is 0.442 e. The number of hydrogen-bond donors (Lipinski definition) is 1. The summed E-state index contributed by atoms with van der Waals surface area (Å²) in [4.78, 5) is -0.967. The van der Waals surface area contributed by atoms with Gasteiger partial charge < -0.3 is 0 Å². The Kier molecular flexibility index (Phi) is 4.13. The molecule has 0 fully saturated rings. The molecule has 0 saturated heterocycles. The van der Waals surface area contributed by atoms with E-state index >= 15 is 0 Å². The third-order valence-electron chi connectivity index (χ3n) is 1.74. The van der Waals surface area contributed by atoms with E-state index in [2.05, 4.69) is 0 Å². The Bertz CT molecular complexity index is 566. The summed E-state index contributed by atoms with van der Waals surface area (Å²) in [5.74, 6) is -2.62. The number of halogens is 6. The highest BCUT2D eigenvalue weighted by atomic mass is 32.2. The molecule has 3 nitrogen and oxygen atoms in total. The number of rotatable bonds is 4. The zero-order valence-electron chi connectivity index (χ0n) is 8.58. The van der Waals surface area contributed by atoms with Gasteiger partial charge in [0, 0.05) is 11.0 Å². The van der Waals surface area contributed by atoms with E-state index in [1.54, 1.807) is 0 Å². The van der Waals surface area contributed by atoms with E-state index in [1.165, 1.54) is 0 Å². The predicted octanol–water partition coefficient (Wildman–Crippen LogP) is 3.13. The molecule has 1 aromatic rings. The Labute approximate surface area is 107 Å². The van der Waals surface area contributed by atoms with Crippen LogP contribution in [0.3, 0.4) is 0 Å². The summed E-state index contributed by atoms with van der Waals surface area (Å²) in [7, 11) is -6.39. The van der Waals surface area contributed by atoms with Crippen LogP contribution in [0.4, 0.5) is 26.3 Å². The molecule has 0 saturated carbocycles. The van der Waals surface area contributed by atoms with E-state index in [-0.39, 0.29) is 0 Å². The van der Waals surface area contributed by atoms with Gasteiger partial charge in [-0.15, -0.1) is 0 Å². The van der Waals surface area contributed by atoms with Crippen molar-refractivity contribution >= 4 is 21.9 Å². The Hall–Kier alpha value is -0.940. The van der Waals surface area contributed by atoms with Crippen molar-refractivity contribution in [1.82, 2.24) is 0 Å². The highest BCUT2D eigenvalue weighted by molar-refractivity contribution is 8.01. The average molecular weight is 326 g/mol. The van der Waals surface area contributed by atoms with Gasteiger partial charge in [0.05, 0.1) is 0 Å². The molecule has 11 heteroatoms. The Morgan fingerprint density at radius 1 is 1.00 bits per heavy atom. The summed E-state index contributed by atoms with van der Waals surface area (Å²) in [6.07, 6.45) is 0. The van der Waals surface area contributed by atoms with Crippen molar-refractivity contribution in [2.45, 2.75) is 15.4 Å². The average Bonchev–Trinajstić information content (AvgIpc) is 2.12. The molecule has 0 aliphatic rings. The molecule has 0 aliphatic heterocycles. The van der Waals surface area contributed by atoms with Gasteiger partial charge in [0.25, 0.3) is 0 Å². The van der Waals surface area contributed by atoms with Crippen LogP contribution in [0.25, 0.3) is 0 Å². The molecule has 0 aliphatic carbocycles. The number of thioether (sulfide) groups is 1. The highest BCUT2D eigenvalue weighted by Crippen LogP contribution is 2.49. The van der Waals surface area contributed by atoms with E-state index in [1.807, 2.05) is 0 Å². The lowest BCUT2D eigenvalue weighted by atomic mass is 10.3. The van der Waals surface area contributed by atoms with Crippen LogP contribution in [0.2, 0.25) is 0 Å². The summed E-state index contributed by atoms with van der Waals surface area (Å²) in [5, 5.41) is -11.1. The van der Waals surface area contributed by atoms with E-state index in [0.29, 0.717) is 18.2 Å². The molecule has 0 amide bonds. The fourth-order valence-corrected chi connectivity index (χ4v) is 2.44. The van der Waals surface area contributed by atoms with Gasteiger partial charge >= 0.3 is 20.6 Å². The van der Waals surface area contributed by atoms with Crippen molar-refractivity contribution in [2.75, 3.05) is 0 Å². The molecule has 1 rings (SSSR count). The molecular weight excluding hydrogens is 322 g/mol. The van der Waals surface area contributed by atoms with Gasteiger partial charge in [-0.25, -0.2) is 8.78 Å². The minimum atomic E-state index is -6.39. The van der Waals surface area contributed by atoms with Crippen LogP contribution >= 0.6 is 11.8 Å². The van der Waals surface area contributed by atoms with Crippen molar-refractivity contribution < 1.29 is 39.3 Å². The Morgan fingerprint density at radius 3 is 1.79 bits per heavy atom. The second-order valence-electron chi connectivity index (χ2n) is 3.22. The molecule has 0 heterocycles. The van der Waals surface area contributed by atoms with Gasteiger partial charge in [-0.1, -0.05) is 0 Å². The smallest absolute Gasteiger partial charge is 0.281 e. The van der Waals surface area contributed by atoms with Gasteiger partial charge in [-0.2, -0.15) is 26.0 Å². The largest absolute Gasteiger partial charge is 0.442 e. The molecular formula is C8H4F6O3S2. The minimum Gasteiger partial charge on any atom is -0.281 e. The highest BCUT2D eigenvalue weighted by Gasteiger charge is 2.66. The van der Waals surface area contributed by atoms with Crippen LogP contribution in [0.5, 0.6) is 0 Å². The molecule has 0 radical (unpaired) electrons. The molecule has 0 unspecified atom stereocenters. The molecule has 0 atom stereocenters. The van der Waals surface area contributed by atoms with Crippen molar-refractivity contribution in [3.05, 3.63) is 29.8 Å². The van der Waals surface area contributed by atoms with Crippen LogP contribution in [-0.2, 0) is 10.1 Å². The molecule has 0 aromatic heterocycles. The van der Waals surface area contributed by atoms with Gasteiger partial charge in [0.2, 0.25) is 0 Å². The molecule has 0 bridgehead atoms. The van der Waals surface area contributed by atoms with Crippen molar-refractivity contribution in [3.8, 4) is 0 Å². The minimum absolute atomic E-state index is 0.307. The molecule has 19 heavy (non-hydrogen) atoms. The standard InChI is InChI=1S/C8H4F6O3S2/c9-4-1-5(10)3-6(2-4)18-7(11,12)8(13,14)19(15,16)17/h1-3H,(H,15,16,17). The number of benzene rings is 1. The second kappa shape index (κ2) is 4.87. The van der Waals surface area contributed by atoms with E-state index < -0.39 is 48.9 Å². The van der Waals surface area contributed by atoms with Crippen molar-refractivity contribution in [3.63, 3.8) is 0 Å². The molecule has 1 aromatic carbocycles. The Morgan fingerprint density at radius 2 is 1.42 bits per heavy atom. The maximum absolute atomic E-state index is 13.1. The first kappa shape index (κ1) is 16.1. The number of alkyl halides is 4. The normalized spacial score (nSPS) is 13.6. The van der Waals surface area contributed by atoms with Crippen LogP contribution in [-0.4, -0.2) is 23.5 Å². The lowest BCUT2D eigenvalue weighted by molar-refractivity contribution is -0.0946. The first-order valence-electron chi connectivity index (χ1n) is 4.24. The van der Waals surface area contributed by atoms with Gasteiger partial charge in [0.15, 0.2) is 0 Å². The summed E-state index contributed by atoms with van der Waals surface area (Å²) in [5.41, 5.74) is 0. The summed E-state index contributed by atoms with van der Waals surface area (Å²) >= 11 is -1.09. The van der Waals surface area contributed by atoms with Crippen LogP contribution < -0.4 is 0 Å². The lowest BCUT2D eigenvalue weighted by Crippen LogP contribution is -2.44. The van der Waals surface area contributed by atoms with Crippen LogP contribution in [0.1, 0.15) is 0 Å². The topological polar surface area (TPSA) is 54.4 Å². The predicted molar refractivity (Wildman–Crippen MR) is 53.7 cm³/mol. The monoisotopic (exact) mass is 326 g/mol.